The van der Waals surface area contributed by atoms with Gasteiger partial charge in [0.05, 0.1) is 0 Å². The summed E-state index contributed by atoms with van der Waals surface area (Å²) in [5.41, 5.74) is 4.59. The Balaban J connectivity index is 2.02. The molecule has 0 aromatic heterocycles. The summed E-state index contributed by atoms with van der Waals surface area (Å²) in [5.74, 6) is 0.713. The predicted molar refractivity (Wildman–Crippen MR) is 119 cm³/mol. The van der Waals surface area contributed by atoms with E-state index in [1.54, 1.807) is 5.56 Å². The molecule has 1 heterocycles. The minimum atomic E-state index is 0.713. The first-order valence-electron chi connectivity index (χ1n) is 11.6. The molecule has 1 heteroatoms. The Morgan fingerprint density at radius 1 is 0.593 bits per heavy atom. The van der Waals surface area contributed by atoms with Crippen LogP contribution in [-0.4, -0.2) is 6.54 Å². The number of hydrogen-bond acceptors (Lipinski definition) is 1. The van der Waals surface area contributed by atoms with Crippen molar-refractivity contribution in [3.8, 4) is 0 Å². The van der Waals surface area contributed by atoms with Gasteiger partial charge < -0.3 is 5.32 Å². The van der Waals surface area contributed by atoms with Crippen LogP contribution in [0.25, 0.3) is 0 Å². The summed E-state index contributed by atoms with van der Waals surface area (Å²) in [7, 11) is 0. The van der Waals surface area contributed by atoms with E-state index in [1.165, 1.54) is 101 Å². The molecule has 0 spiro atoms. The topological polar surface area (TPSA) is 12.0 Å². The van der Waals surface area contributed by atoms with Crippen molar-refractivity contribution in [2.75, 3.05) is 11.9 Å². The minimum Gasteiger partial charge on any atom is -0.385 e. The molecule has 1 aliphatic carbocycles. The van der Waals surface area contributed by atoms with Gasteiger partial charge in [-0.2, -0.15) is 0 Å². The highest BCUT2D eigenvalue weighted by Crippen LogP contribution is 2.36. The molecule has 3 rings (SSSR count). The summed E-state index contributed by atoms with van der Waals surface area (Å²) >= 11 is 0. The minimum absolute atomic E-state index is 0.713. The van der Waals surface area contributed by atoms with Gasteiger partial charge in [0.2, 0.25) is 0 Å². The standard InChI is InChI=1S/C26H39N/c1-2-6-12-18-23(17-11-5-1)25-21-15-9-3-7-13-19-24-20-14-8-4-10-16-22-27-26(24)25/h3,7,9,13,15,19,21,23,27H,1-2,4-6,8,10-12,14,16-18,20,22H2. The molecule has 1 aromatic rings. The van der Waals surface area contributed by atoms with E-state index in [-0.39, 0.29) is 0 Å². The SMILES string of the molecule is c1cccc2c(c(C3CCCCCCCC3)ccc1)NCCCCCCC2. The summed E-state index contributed by atoms with van der Waals surface area (Å²) in [6, 6.07) is 15.8. The summed E-state index contributed by atoms with van der Waals surface area (Å²) < 4.78 is 0. The van der Waals surface area contributed by atoms with Gasteiger partial charge in [0, 0.05) is 12.2 Å². The van der Waals surface area contributed by atoms with Crippen LogP contribution in [0.2, 0.25) is 0 Å². The van der Waals surface area contributed by atoms with E-state index in [0.717, 1.165) is 6.54 Å². The van der Waals surface area contributed by atoms with Crippen LogP contribution < -0.4 is 5.32 Å². The van der Waals surface area contributed by atoms with Crippen LogP contribution in [0.5, 0.6) is 0 Å². The molecule has 1 aromatic carbocycles. The van der Waals surface area contributed by atoms with Crippen LogP contribution in [0.1, 0.15) is 101 Å². The highest BCUT2D eigenvalue weighted by Gasteiger charge is 2.17. The predicted octanol–water partition coefficient (Wildman–Crippen LogP) is 7.95. The highest BCUT2D eigenvalue weighted by molar-refractivity contribution is 5.57. The van der Waals surface area contributed by atoms with Crippen molar-refractivity contribution in [2.45, 2.75) is 95.8 Å². The monoisotopic (exact) mass is 365 g/mol. The summed E-state index contributed by atoms with van der Waals surface area (Å²) in [4.78, 5) is 0. The normalized spacial score (nSPS) is 20.0. The average Bonchev–Trinajstić information content (AvgIpc) is 2.83. The second kappa shape index (κ2) is 12.1. The Hall–Kier alpha value is -1.50. The molecular weight excluding hydrogens is 326 g/mol. The molecule has 0 bridgehead atoms. The van der Waals surface area contributed by atoms with Gasteiger partial charge in [-0.05, 0) is 49.1 Å². The van der Waals surface area contributed by atoms with Crippen LogP contribution in [-0.2, 0) is 6.42 Å². The Bertz CT molecular complexity index is 595. The van der Waals surface area contributed by atoms with Crippen LogP contribution >= 0.6 is 0 Å². The van der Waals surface area contributed by atoms with Gasteiger partial charge in [-0.25, -0.2) is 0 Å². The molecular formula is C26H39N. The molecule has 27 heavy (non-hydrogen) atoms. The van der Waals surface area contributed by atoms with Crippen LogP contribution in [0.3, 0.4) is 0 Å². The van der Waals surface area contributed by atoms with E-state index >= 15 is 0 Å². The number of fused-ring (bicyclic) bond motifs is 1. The second-order valence-corrected chi connectivity index (χ2v) is 8.49. The molecule has 0 amide bonds. The highest BCUT2D eigenvalue weighted by atomic mass is 14.9. The van der Waals surface area contributed by atoms with Crippen LogP contribution in [0.4, 0.5) is 5.69 Å². The third-order valence-corrected chi connectivity index (χ3v) is 6.35. The first-order chi connectivity index (χ1) is 13.4. The number of nitrogens with one attached hydrogen (secondary N) is 1. The maximum atomic E-state index is 3.91. The van der Waals surface area contributed by atoms with Gasteiger partial charge in [-0.3, -0.25) is 0 Å². The zero-order valence-corrected chi connectivity index (χ0v) is 17.2. The van der Waals surface area contributed by atoms with Crippen LogP contribution in [0, 0.1) is 0 Å². The summed E-state index contributed by atoms with van der Waals surface area (Å²) in [6.07, 6.45) is 19.2. The maximum Gasteiger partial charge on any atom is 0.0408 e. The van der Waals surface area contributed by atoms with Crippen molar-refractivity contribution in [2.24, 2.45) is 0 Å². The van der Waals surface area contributed by atoms with Gasteiger partial charge in [0.15, 0.2) is 0 Å². The largest absolute Gasteiger partial charge is 0.385 e. The second-order valence-electron chi connectivity index (χ2n) is 8.49. The van der Waals surface area contributed by atoms with Crippen molar-refractivity contribution in [1.82, 2.24) is 0 Å². The third kappa shape index (κ3) is 6.87. The lowest BCUT2D eigenvalue weighted by Crippen LogP contribution is -2.10. The van der Waals surface area contributed by atoms with Gasteiger partial charge >= 0.3 is 0 Å². The fourth-order valence-electron chi connectivity index (χ4n) is 4.77. The van der Waals surface area contributed by atoms with Gasteiger partial charge in [-0.15, -0.1) is 0 Å². The van der Waals surface area contributed by atoms with Crippen molar-refractivity contribution in [3.05, 3.63) is 53.6 Å². The van der Waals surface area contributed by atoms with Gasteiger partial charge in [-0.1, -0.05) is 100 Å². The maximum absolute atomic E-state index is 3.91. The third-order valence-electron chi connectivity index (χ3n) is 6.35. The number of rotatable bonds is 1. The lowest BCUT2D eigenvalue weighted by Gasteiger charge is -2.23. The quantitative estimate of drug-likeness (QED) is 0.532. The van der Waals surface area contributed by atoms with Crippen molar-refractivity contribution < 1.29 is 0 Å². The fraction of sp³-hybridized carbons (Fsp3) is 0.615. The van der Waals surface area contributed by atoms with E-state index < -0.39 is 0 Å². The van der Waals surface area contributed by atoms with Crippen LogP contribution in [0.15, 0.2) is 42.5 Å². The van der Waals surface area contributed by atoms with Crippen molar-refractivity contribution in [3.63, 3.8) is 0 Å². The Kier molecular flexibility index (Phi) is 9.04. The van der Waals surface area contributed by atoms with Gasteiger partial charge in [0.25, 0.3) is 0 Å². The first-order valence-corrected chi connectivity index (χ1v) is 11.6. The first kappa shape index (κ1) is 20.2. The summed E-state index contributed by atoms with van der Waals surface area (Å²) in [5, 5.41) is 3.91. The lowest BCUT2D eigenvalue weighted by atomic mass is 9.87. The molecule has 1 aliphatic heterocycles. The Labute approximate surface area is 167 Å². The van der Waals surface area contributed by atoms with E-state index in [0.29, 0.717) is 5.92 Å². The van der Waals surface area contributed by atoms with E-state index in [1.807, 2.05) is 0 Å². The molecule has 1 saturated carbocycles. The molecule has 1 N–H and O–H groups in total. The molecule has 1 fully saturated rings. The zero-order chi connectivity index (χ0) is 18.6. The lowest BCUT2D eigenvalue weighted by molar-refractivity contribution is 0.539. The van der Waals surface area contributed by atoms with E-state index in [2.05, 4.69) is 47.8 Å². The molecule has 0 atom stereocenters. The molecule has 148 valence electrons. The Morgan fingerprint density at radius 2 is 1.19 bits per heavy atom. The van der Waals surface area contributed by atoms with E-state index in [9.17, 15) is 0 Å². The molecule has 2 aliphatic rings. The smallest absolute Gasteiger partial charge is 0.0408 e. The van der Waals surface area contributed by atoms with Crippen molar-refractivity contribution in [1.29, 1.82) is 0 Å². The number of anilines is 1. The molecule has 0 saturated heterocycles. The number of aryl methyl sites for hydroxylation is 1. The molecule has 1 nitrogen and oxygen atoms in total. The Morgan fingerprint density at radius 3 is 1.96 bits per heavy atom. The number of hydrogen-bond donors (Lipinski definition) is 1. The van der Waals surface area contributed by atoms with Crippen molar-refractivity contribution >= 4 is 5.69 Å². The van der Waals surface area contributed by atoms with Gasteiger partial charge in [0.1, 0.15) is 0 Å². The van der Waals surface area contributed by atoms with E-state index in [4.69, 9.17) is 0 Å². The molecule has 0 unspecified atom stereocenters. The fourth-order valence-corrected chi connectivity index (χ4v) is 4.77. The summed E-state index contributed by atoms with van der Waals surface area (Å²) in [6.45, 7) is 1.12. The zero-order valence-electron chi connectivity index (χ0n) is 17.2. The average molecular weight is 366 g/mol. The molecule has 0 radical (unpaired) electrons.